The van der Waals surface area contributed by atoms with Gasteiger partial charge in [-0.1, -0.05) is 6.07 Å². The normalized spacial score (nSPS) is 10.6. The fraction of sp³-hybridized carbons (Fsp3) is 0.0556. The maximum absolute atomic E-state index is 9.65. The lowest BCUT2D eigenvalue weighted by atomic mass is 10.1. The van der Waals surface area contributed by atoms with Crippen LogP contribution in [0.5, 0.6) is 0 Å². The first-order chi connectivity index (χ1) is 12.8. The second-order valence-electron chi connectivity index (χ2n) is 5.46. The van der Waals surface area contributed by atoms with Crippen LogP contribution < -0.4 is 5.32 Å². The monoisotopic (exact) mass is 343 g/mol. The minimum atomic E-state index is -0.227. The summed E-state index contributed by atoms with van der Waals surface area (Å²) in [5.41, 5.74) is 3.81. The number of aromatic nitrogens is 5. The van der Waals surface area contributed by atoms with Gasteiger partial charge in [0.05, 0.1) is 35.0 Å². The number of nitrogens with one attached hydrogen (secondary N) is 1. The SMILES string of the molecule is N#Cc1cccc(Nc2nccc(-c3c(CO)nn4ncccc34)n2)c1. The van der Waals surface area contributed by atoms with Crippen LogP contribution in [-0.2, 0) is 6.61 Å². The molecule has 0 aliphatic carbocycles. The van der Waals surface area contributed by atoms with Gasteiger partial charge in [0.2, 0.25) is 5.95 Å². The maximum atomic E-state index is 9.65. The molecule has 0 saturated carbocycles. The number of nitriles is 1. The standard InChI is InChI=1S/C18H13N7O/c19-10-12-3-1-4-13(9-12)22-18-20-8-6-14(23-18)17-15(11-26)24-25-16(17)5-2-7-21-25/h1-9,26H,11H2,(H,20,22,23). The first-order valence-corrected chi connectivity index (χ1v) is 7.83. The molecule has 126 valence electrons. The topological polar surface area (TPSA) is 112 Å². The van der Waals surface area contributed by atoms with Crippen molar-refractivity contribution < 1.29 is 5.11 Å². The number of hydrogen-bond acceptors (Lipinski definition) is 7. The van der Waals surface area contributed by atoms with E-state index in [1.807, 2.05) is 12.1 Å². The number of aliphatic hydroxyl groups is 1. The van der Waals surface area contributed by atoms with Crippen molar-refractivity contribution in [3.63, 3.8) is 0 Å². The van der Waals surface area contributed by atoms with Crippen LogP contribution in [0.15, 0.2) is 54.9 Å². The number of nitrogens with zero attached hydrogens (tertiary/aromatic N) is 6. The van der Waals surface area contributed by atoms with Crippen molar-refractivity contribution in [2.24, 2.45) is 0 Å². The van der Waals surface area contributed by atoms with E-state index in [4.69, 9.17) is 5.26 Å². The van der Waals surface area contributed by atoms with Crippen molar-refractivity contribution in [2.75, 3.05) is 5.32 Å². The van der Waals surface area contributed by atoms with Crippen LogP contribution in [0.2, 0.25) is 0 Å². The largest absolute Gasteiger partial charge is 0.390 e. The molecule has 0 aliphatic rings. The zero-order valence-corrected chi connectivity index (χ0v) is 13.5. The summed E-state index contributed by atoms with van der Waals surface area (Å²) >= 11 is 0. The van der Waals surface area contributed by atoms with E-state index in [2.05, 4.69) is 31.6 Å². The third kappa shape index (κ3) is 2.83. The second kappa shape index (κ2) is 6.58. The Bertz CT molecular complexity index is 1130. The Labute approximate surface area is 148 Å². The van der Waals surface area contributed by atoms with E-state index in [1.165, 1.54) is 4.63 Å². The molecule has 0 saturated heterocycles. The molecule has 0 fully saturated rings. The molecule has 3 heterocycles. The van der Waals surface area contributed by atoms with Crippen LogP contribution >= 0.6 is 0 Å². The molecule has 4 aromatic rings. The summed E-state index contributed by atoms with van der Waals surface area (Å²) in [6, 6.07) is 14.6. The smallest absolute Gasteiger partial charge is 0.227 e. The van der Waals surface area contributed by atoms with Gasteiger partial charge in [0.25, 0.3) is 0 Å². The Morgan fingerprint density at radius 1 is 1.15 bits per heavy atom. The molecule has 0 bridgehead atoms. The predicted molar refractivity (Wildman–Crippen MR) is 94.4 cm³/mol. The van der Waals surface area contributed by atoms with Gasteiger partial charge in [0.15, 0.2) is 0 Å². The molecule has 26 heavy (non-hydrogen) atoms. The predicted octanol–water partition coefficient (Wildman–Crippen LogP) is 2.29. The Balaban J connectivity index is 1.76. The van der Waals surface area contributed by atoms with Crippen LogP contribution in [0.25, 0.3) is 16.8 Å². The van der Waals surface area contributed by atoms with Crippen LogP contribution in [0.4, 0.5) is 11.6 Å². The van der Waals surface area contributed by atoms with Crippen LogP contribution in [-0.4, -0.2) is 29.9 Å². The first-order valence-electron chi connectivity index (χ1n) is 7.83. The molecule has 0 aliphatic heterocycles. The molecule has 2 N–H and O–H groups in total. The zero-order chi connectivity index (χ0) is 17.9. The van der Waals surface area contributed by atoms with E-state index >= 15 is 0 Å². The third-order valence-electron chi connectivity index (χ3n) is 3.80. The Hall–Kier alpha value is -3.83. The fourth-order valence-corrected chi connectivity index (χ4v) is 2.68. The van der Waals surface area contributed by atoms with E-state index in [0.29, 0.717) is 34.2 Å². The van der Waals surface area contributed by atoms with Gasteiger partial charge < -0.3 is 10.4 Å². The maximum Gasteiger partial charge on any atom is 0.227 e. The molecule has 1 aromatic carbocycles. The highest BCUT2D eigenvalue weighted by molar-refractivity contribution is 5.80. The van der Waals surface area contributed by atoms with Crippen molar-refractivity contribution in [2.45, 2.75) is 6.61 Å². The summed E-state index contributed by atoms with van der Waals surface area (Å²) in [4.78, 5) is 8.75. The Morgan fingerprint density at radius 3 is 2.92 bits per heavy atom. The molecular formula is C18H13N7O. The Morgan fingerprint density at radius 2 is 2.08 bits per heavy atom. The molecule has 8 nitrogen and oxygen atoms in total. The molecule has 0 amide bonds. The second-order valence-corrected chi connectivity index (χ2v) is 5.46. The van der Waals surface area contributed by atoms with E-state index < -0.39 is 0 Å². The quantitative estimate of drug-likeness (QED) is 0.584. The number of hydrogen-bond donors (Lipinski definition) is 2. The summed E-state index contributed by atoms with van der Waals surface area (Å²) in [6.07, 6.45) is 3.25. The van der Waals surface area contributed by atoms with Crippen molar-refractivity contribution >= 4 is 17.2 Å². The average Bonchev–Trinajstić information content (AvgIpc) is 3.07. The third-order valence-corrected chi connectivity index (χ3v) is 3.80. The minimum absolute atomic E-state index is 0.227. The van der Waals surface area contributed by atoms with E-state index in [0.717, 1.165) is 5.52 Å². The molecule has 3 aromatic heterocycles. The van der Waals surface area contributed by atoms with E-state index in [1.54, 1.807) is 42.7 Å². The lowest BCUT2D eigenvalue weighted by Crippen LogP contribution is -1.99. The number of anilines is 2. The van der Waals surface area contributed by atoms with Gasteiger partial charge in [0, 0.05) is 18.1 Å². The van der Waals surface area contributed by atoms with E-state index in [-0.39, 0.29) is 6.61 Å². The highest BCUT2D eigenvalue weighted by Crippen LogP contribution is 2.27. The molecular weight excluding hydrogens is 330 g/mol. The lowest BCUT2D eigenvalue weighted by molar-refractivity contribution is 0.276. The summed E-state index contributed by atoms with van der Waals surface area (Å²) < 4.78 is 1.46. The highest BCUT2D eigenvalue weighted by Gasteiger charge is 2.16. The van der Waals surface area contributed by atoms with Crippen molar-refractivity contribution in [1.82, 2.24) is 24.8 Å². The van der Waals surface area contributed by atoms with Gasteiger partial charge in [-0.25, -0.2) is 9.97 Å². The number of benzene rings is 1. The molecule has 0 atom stereocenters. The van der Waals surface area contributed by atoms with Gasteiger partial charge in [-0.3, -0.25) is 0 Å². The number of fused-ring (bicyclic) bond motifs is 1. The minimum Gasteiger partial charge on any atom is -0.390 e. The van der Waals surface area contributed by atoms with Gasteiger partial charge in [-0.15, -0.1) is 0 Å². The van der Waals surface area contributed by atoms with Crippen LogP contribution in [0.3, 0.4) is 0 Å². The van der Waals surface area contributed by atoms with Gasteiger partial charge in [-0.2, -0.15) is 20.1 Å². The van der Waals surface area contributed by atoms with Crippen LogP contribution in [0, 0.1) is 11.3 Å². The van der Waals surface area contributed by atoms with Gasteiger partial charge in [0.1, 0.15) is 5.69 Å². The first kappa shape index (κ1) is 15.7. The zero-order valence-electron chi connectivity index (χ0n) is 13.5. The summed E-state index contributed by atoms with van der Waals surface area (Å²) in [7, 11) is 0. The van der Waals surface area contributed by atoms with Gasteiger partial charge >= 0.3 is 0 Å². The number of rotatable bonds is 4. The summed E-state index contributed by atoms with van der Waals surface area (Å²) in [5, 5.41) is 30.2. The summed E-state index contributed by atoms with van der Waals surface area (Å²) in [6.45, 7) is -0.227. The highest BCUT2D eigenvalue weighted by atomic mass is 16.3. The fourth-order valence-electron chi connectivity index (χ4n) is 2.68. The van der Waals surface area contributed by atoms with Crippen molar-refractivity contribution in [3.8, 4) is 17.3 Å². The Kier molecular flexibility index (Phi) is 3.97. The molecule has 0 radical (unpaired) electrons. The van der Waals surface area contributed by atoms with Crippen molar-refractivity contribution in [3.05, 3.63) is 66.1 Å². The lowest BCUT2D eigenvalue weighted by Gasteiger charge is -2.07. The molecule has 0 unspecified atom stereocenters. The van der Waals surface area contributed by atoms with Crippen LogP contribution in [0.1, 0.15) is 11.3 Å². The van der Waals surface area contributed by atoms with Gasteiger partial charge in [-0.05, 0) is 36.4 Å². The van der Waals surface area contributed by atoms with E-state index in [9.17, 15) is 5.11 Å². The molecule has 0 spiro atoms. The molecule has 4 rings (SSSR count). The average molecular weight is 343 g/mol. The van der Waals surface area contributed by atoms with Crippen molar-refractivity contribution in [1.29, 1.82) is 5.26 Å². The molecule has 8 heteroatoms. The summed E-state index contributed by atoms with van der Waals surface area (Å²) in [5.74, 6) is 0.379. The number of aliphatic hydroxyl groups excluding tert-OH is 1.